The van der Waals surface area contributed by atoms with Crippen molar-refractivity contribution in [3.8, 4) is 0 Å². The van der Waals surface area contributed by atoms with E-state index in [2.05, 4.69) is 34.9 Å². The van der Waals surface area contributed by atoms with Gasteiger partial charge in [-0.1, -0.05) is 61.5 Å². The Morgan fingerprint density at radius 2 is 1.68 bits per heavy atom. The molecule has 2 aliphatic rings. The molecule has 31 heavy (non-hydrogen) atoms. The number of allylic oxidation sites excluding steroid dienone is 1. The van der Waals surface area contributed by atoms with Gasteiger partial charge in [0.15, 0.2) is 5.78 Å². The number of fused-ring (bicyclic) bond motifs is 2. The van der Waals surface area contributed by atoms with Gasteiger partial charge in [0.05, 0.1) is 24.5 Å². The van der Waals surface area contributed by atoms with E-state index in [1.807, 2.05) is 49.4 Å². The quantitative estimate of drug-likeness (QED) is 0.454. The first-order valence-electron chi connectivity index (χ1n) is 10.5. The molecule has 0 radical (unpaired) electrons. The van der Waals surface area contributed by atoms with Crippen LogP contribution in [0.2, 0.25) is 0 Å². The van der Waals surface area contributed by atoms with Crippen molar-refractivity contribution in [2.75, 3.05) is 17.7 Å². The van der Waals surface area contributed by atoms with Crippen LogP contribution in [0.4, 0.5) is 11.4 Å². The van der Waals surface area contributed by atoms with Crippen molar-refractivity contribution in [3.63, 3.8) is 0 Å². The molecule has 3 atom stereocenters. The molecule has 5 heteroatoms. The highest BCUT2D eigenvalue weighted by molar-refractivity contribution is 6.12. The van der Waals surface area contributed by atoms with Gasteiger partial charge in [-0.25, -0.2) is 0 Å². The van der Waals surface area contributed by atoms with E-state index in [0.29, 0.717) is 12.0 Å². The summed E-state index contributed by atoms with van der Waals surface area (Å²) in [5, 5.41) is 9.27. The van der Waals surface area contributed by atoms with Crippen LogP contribution in [0.25, 0.3) is 10.8 Å². The van der Waals surface area contributed by atoms with Crippen LogP contribution in [0.3, 0.4) is 0 Å². The standard InChI is InChI=1S/C26H24N2O3/c1-15-14-21-23(25(29)22(15)26(30)31-2)24(28-20-13-6-5-12-19(20)27-21)18-11-7-9-16-8-3-4-10-17(16)18/h3-13,15,22,24,27-28H,14H2,1-2H3/t15-,22-,24-/m1/s1. The molecular weight excluding hydrogens is 388 g/mol. The van der Waals surface area contributed by atoms with Crippen LogP contribution in [0.1, 0.15) is 24.9 Å². The number of nitrogens with one attached hydrogen (secondary N) is 2. The first kappa shape index (κ1) is 19.4. The molecule has 0 unspecified atom stereocenters. The van der Waals surface area contributed by atoms with Gasteiger partial charge >= 0.3 is 5.97 Å². The van der Waals surface area contributed by atoms with E-state index >= 15 is 0 Å². The van der Waals surface area contributed by atoms with Gasteiger partial charge in [0.25, 0.3) is 0 Å². The third-order valence-corrected chi connectivity index (χ3v) is 6.36. The predicted molar refractivity (Wildman–Crippen MR) is 122 cm³/mol. The van der Waals surface area contributed by atoms with Crippen LogP contribution >= 0.6 is 0 Å². The summed E-state index contributed by atoms with van der Waals surface area (Å²) in [6.07, 6.45) is 0.595. The molecule has 0 saturated heterocycles. The van der Waals surface area contributed by atoms with Crippen LogP contribution < -0.4 is 10.6 Å². The van der Waals surface area contributed by atoms with E-state index in [1.54, 1.807) is 0 Å². The first-order chi connectivity index (χ1) is 15.1. The normalized spacial score (nSPS) is 22.6. The average molecular weight is 412 g/mol. The average Bonchev–Trinajstić information content (AvgIpc) is 2.95. The van der Waals surface area contributed by atoms with E-state index in [-0.39, 0.29) is 17.7 Å². The molecule has 156 valence electrons. The van der Waals surface area contributed by atoms with Crippen molar-refractivity contribution in [2.24, 2.45) is 11.8 Å². The summed E-state index contributed by atoms with van der Waals surface area (Å²) in [7, 11) is 1.34. The summed E-state index contributed by atoms with van der Waals surface area (Å²) in [6.45, 7) is 1.93. The Morgan fingerprint density at radius 3 is 2.48 bits per heavy atom. The second-order valence-electron chi connectivity index (χ2n) is 8.26. The highest BCUT2D eigenvalue weighted by Crippen LogP contribution is 2.44. The number of ether oxygens (including phenoxy) is 1. The van der Waals surface area contributed by atoms with Crippen LogP contribution in [-0.2, 0) is 14.3 Å². The van der Waals surface area contributed by atoms with Crippen molar-refractivity contribution >= 4 is 33.9 Å². The maximum absolute atomic E-state index is 13.8. The van der Waals surface area contributed by atoms with Gasteiger partial charge in [-0.3, -0.25) is 9.59 Å². The van der Waals surface area contributed by atoms with E-state index < -0.39 is 11.9 Å². The molecule has 3 aromatic carbocycles. The van der Waals surface area contributed by atoms with Crippen LogP contribution in [0.5, 0.6) is 0 Å². The summed E-state index contributed by atoms with van der Waals surface area (Å²) in [4.78, 5) is 26.3. The predicted octanol–water partition coefficient (Wildman–Crippen LogP) is 5.07. The minimum absolute atomic E-state index is 0.148. The molecule has 5 rings (SSSR count). The topological polar surface area (TPSA) is 67.4 Å². The summed E-state index contributed by atoms with van der Waals surface area (Å²) in [5.74, 6) is -1.59. The Balaban J connectivity index is 1.74. The van der Waals surface area contributed by atoms with Gasteiger partial charge in [-0.2, -0.15) is 0 Å². The van der Waals surface area contributed by atoms with E-state index in [1.165, 1.54) is 7.11 Å². The van der Waals surface area contributed by atoms with Crippen molar-refractivity contribution < 1.29 is 14.3 Å². The lowest BCUT2D eigenvalue weighted by Crippen LogP contribution is -2.39. The van der Waals surface area contributed by atoms with E-state index in [4.69, 9.17) is 4.74 Å². The van der Waals surface area contributed by atoms with Gasteiger partial charge in [0.2, 0.25) is 0 Å². The SMILES string of the molecule is COC(=O)[C@H]1C(=O)C2=C(C[C@H]1C)Nc1ccccc1N[C@@H]2c1cccc2ccccc12. The zero-order valence-corrected chi connectivity index (χ0v) is 17.5. The van der Waals surface area contributed by atoms with E-state index in [0.717, 1.165) is 33.4 Å². The highest BCUT2D eigenvalue weighted by atomic mass is 16.5. The fraction of sp³-hybridized carbons (Fsp3) is 0.231. The van der Waals surface area contributed by atoms with Gasteiger partial charge < -0.3 is 15.4 Å². The number of rotatable bonds is 2. The van der Waals surface area contributed by atoms with Crippen LogP contribution in [0, 0.1) is 11.8 Å². The molecule has 0 fully saturated rings. The second-order valence-corrected chi connectivity index (χ2v) is 8.26. The maximum atomic E-state index is 13.8. The Labute approximate surface area is 181 Å². The molecule has 0 saturated carbocycles. The third-order valence-electron chi connectivity index (χ3n) is 6.36. The first-order valence-corrected chi connectivity index (χ1v) is 10.5. The Morgan fingerprint density at radius 1 is 0.968 bits per heavy atom. The lowest BCUT2D eigenvalue weighted by atomic mass is 9.74. The number of methoxy groups -OCH3 is 1. The monoisotopic (exact) mass is 412 g/mol. The number of para-hydroxylation sites is 2. The summed E-state index contributed by atoms with van der Waals surface area (Å²) < 4.78 is 4.99. The third kappa shape index (κ3) is 3.17. The largest absolute Gasteiger partial charge is 0.468 e. The van der Waals surface area contributed by atoms with Crippen molar-refractivity contribution in [2.45, 2.75) is 19.4 Å². The number of carbonyl (C=O) groups is 2. The van der Waals surface area contributed by atoms with Crippen LogP contribution in [-0.4, -0.2) is 18.9 Å². The lowest BCUT2D eigenvalue weighted by Gasteiger charge is -2.32. The van der Waals surface area contributed by atoms with Gasteiger partial charge in [0.1, 0.15) is 5.92 Å². The summed E-state index contributed by atoms with van der Waals surface area (Å²) in [6, 6.07) is 21.9. The molecule has 1 aliphatic carbocycles. The van der Waals surface area contributed by atoms with Crippen molar-refractivity contribution in [1.82, 2.24) is 0 Å². The number of Topliss-reactive ketones (excluding diaryl/α,β-unsaturated/α-hetero) is 1. The number of hydrogen-bond acceptors (Lipinski definition) is 5. The maximum Gasteiger partial charge on any atom is 0.316 e. The minimum Gasteiger partial charge on any atom is -0.468 e. The molecular formula is C26H24N2O3. The molecule has 0 spiro atoms. The highest BCUT2D eigenvalue weighted by Gasteiger charge is 2.44. The zero-order valence-electron chi connectivity index (χ0n) is 17.5. The van der Waals surface area contributed by atoms with Gasteiger partial charge in [0, 0.05) is 11.3 Å². The van der Waals surface area contributed by atoms with Gasteiger partial charge in [-0.15, -0.1) is 0 Å². The fourth-order valence-electron chi connectivity index (χ4n) is 4.87. The number of esters is 1. The molecule has 0 amide bonds. The molecule has 0 aromatic heterocycles. The summed E-state index contributed by atoms with van der Waals surface area (Å²) >= 11 is 0. The number of carbonyl (C=O) groups excluding carboxylic acids is 2. The molecule has 3 aromatic rings. The summed E-state index contributed by atoms with van der Waals surface area (Å²) in [5.41, 5.74) is 4.34. The van der Waals surface area contributed by atoms with Gasteiger partial charge in [-0.05, 0) is 40.8 Å². The minimum atomic E-state index is -0.800. The fourth-order valence-corrected chi connectivity index (χ4v) is 4.87. The van der Waals surface area contributed by atoms with Crippen molar-refractivity contribution in [1.29, 1.82) is 0 Å². The molecule has 2 N–H and O–H groups in total. The second kappa shape index (κ2) is 7.58. The number of benzene rings is 3. The molecule has 1 heterocycles. The number of hydrogen-bond donors (Lipinski definition) is 2. The van der Waals surface area contributed by atoms with E-state index in [9.17, 15) is 9.59 Å². The van der Waals surface area contributed by atoms with Crippen molar-refractivity contribution in [3.05, 3.63) is 83.6 Å². The van der Waals surface area contributed by atoms with Crippen LogP contribution in [0.15, 0.2) is 78.0 Å². The molecule has 5 nitrogen and oxygen atoms in total. The number of ketones is 1. The zero-order chi connectivity index (χ0) is 21.5. The number of anilines is 2. The lowest BCUT2D eigenvalue weighted by molar-refractivity contribution is -0.151. The Kier molecular flexibility index (Phi) is 4.74. The Hall–Kier alpha value is -3.60. The molecule has 0 bridgehead atoms. The molecule has 1 aliphatic heterocycles. The smallest absolute Gasteiger partial charge is 0.316 e. The Bertz CT molecular complexity index is 1220.